The van der Waals surface area contributed by atoms with Crippen LogP contribution in [0.2, 0.25) is 0 Å². The van der Waals surface area contributed by atoms with Gasteiger partial charge in [0.15, 0.2) is 17.3 Å². The summed E-state index contributed by atoms with van der Waals surface area (Å²) in [5.74, 6) is 2.97. The first-order chi connectivity index (χ1) is 12.7. The Bertz CT molecular complexity index is 871. The highest BCUT2D eigenvalue weighted by atomic mass is 16.5. The molecule has 2 N–H and O–H groups in total. The summed E-state index contributed by atoms with van der Waals surface area (Å²) in [4.78, 5) is 4.40. The van der Waals surface area contributed by atoms with Crippen LogP contribution in [0.1, 0.15) is 0 Å². The molecule has 0 fully saturated rings. The summed E-state index contributed by atoms with van der Waals surface area (Å²) >= 11 is 0. The molecular weight excluding hydrogens is 334 g/mol. The number of nitrogens with one attached hydrogen (secondary N) is 2. The van der Waals surface area contributed by atoms with E-state index in [1.54, 1.807) is 21.3 Å². The van der Waals surface area contributed by atoms with Crippen LogP contribution in [0.5, 0.6) is 17.2 Å². The quantitative estimate of drug-likeness (QED) is 0.668. The highest BCUT2D eigenvalue weighted by Crippen LogP contribution is 2.30. The maximum Gasteiger partial charge on any atom is 0.249 e. The molecule has 0 saturated heterocycles. The van der Waals surface area contributed by atoms with Gasteiger partial charge in [0.05, 0.1) is 27.5 Å². The summed E-state index contributed by atoms with van der Waals surface area (Å²) in [6, 6.07) is 12.9. The average molecular weight is 353 g/mol. The van der Waals surface area contributed by atoms with Crippen LogP contribution >= 0.6 is 0 Å². The summed E-state index contributed by atoms with van der Waals surface area (Å²) in [6.45, 7) is 0. The molecule has 134 valence electrons. The molecule has 1 heterocycles. The van der Waals surface area contributed by atoms with Crippen LogP contribution in [0.4, 0.5) is 23.1 Å². The number of hydrogen-bond acceptors (Lipinski definition) is 8. The number of benzene rings is 2. The summed E-state index contributed by atoms with van der Waals surface area (Å²) in [5, 5.41) is 14.2. The molecule has 0 aliphatic rings. The van der Waals surface area contributed by atoms with Crippen LogP contribution in [0, 0.1) is 0 Å². The van der Waals surface area contributed by atoms with Crippen molar-refractivity contribution in [3.63, 3.8) is 0 Å². The van der Waals surface area contributed by atoms with Gasteiger partial charge in [0.1, 0.15) is 5.75 Å². The fourth-order valence-corrected chi connectivity index (χ4v) is 2.28. The van der Waals surface area contributed by atoms with Crippen molar-refractivity contribution in [2.75, 3.05) is 32.0 Å². The third-order valence-corrected chi connectivity index (χ3v) is 3.56. The van der Waals surface area contributed by atoms with Gasteiger partial charge in [-0.3, -0.25) is 0 Å². The maximum atomic E-state index is 5.30. The SMILES string of the molecule is COc1ccc(Nc2nncc(Nc3ccc(OC)c(OC)c3)n2)cc1. The Morgan fingerprint density at radius 2 is 1.50 bits per heavy atom. The third kappa shape index (κ3) is 4.10. The fraction of sp³-hybridized carbons (Fsp3) is 0.167. The number of nitrogens with zero attached hydrogens (tertiary/aromatic N) is 3. The molecule has 3 aromatic rings. The molecule has 0 aliphatic carbocycles. The number of methoxy groups -OCH3 is 3. The van der Waals surface area contributed by atoms with Gasteiger partial charge in [-0.1, -0.05) is 0 Å². The predicted octanol–water partition coefficient (Wildman–Crippen LogP) is 3.38. The molecule has 0 spiro atoms. The van der Waals surface area contributed by atoms with Gasteiger partial charge in [0.25, 0.3) is 0 Å². The largest absolute Gasteiger partial charge is 0.497 e. The molecule has 0 amide bonds. The average Bonchev–Trinajstić information content (AvgIpc) is 2.69. The van der Waals surface area contributed by atoms with Gasteiger partial charge in [0, 0.05) is 17.4 Å². The topological polar surface area (TPSA) is 90.4 Å². The van der Waals surface area contributed by atoms with Crippen LogP contribution in [0.25, 0.3) is 0 Å². The van der Waals surface area contributed by atoms with Crippen molar-refractivity contribution in [2.45, 2.75) is 0 Å². The van der Waals surface area contributed by atoms with Crippen LogP contribution in [0.15, 0.2) is 48.7 Å². The van der Waals surface area contributed by atoms with Crippen molar-refractivity contribution in [3.05, 3.63) is 48.7 Å². The Morgan fingerprint density at radius 3 is 2.19 bits per heavy atom. The number of ether oxygens (including phenoxy) is 3. The standard InChI is InChI=1S/C18H19N5O3/c1-24-14-7-4-12(5-8-14)21-18-22-17(11-19-23-18)20-13-6-9-15(25-2)16(10-13)26-3/h4-11H,1-3H3,(H2,20,21,22,23). The number of rotatable bonds is 7. The van der Waals surface area contributed by atoms with Crippen molar-refractivity contribution >= 4 is 23.1 Å². The molecule has 0 atom stereocenters. The minimum atomic E-state index is 0.376. The van der Waals surface area contributed by atoms with E-state index in [4.69, 9.17) is 14.2 Å². The first kappa shape index (κ1) is 17.3. The first-order valence-corrected chi connectivity index (χ1v) is 7.81. The minimum absolute atomic E-state index is 0.376. The maximum absolute atomic E-state index is 5.30. The Hall–Kier alpha value is -3.55. The van der Waals surface area contributed by atoms with Crippen LogP contribution in [0.3, 0.4) is 0 Å². The Labute approximate surface area is 151 Å². The zero-order chi connectivity index (χ0) is 18.4. The lowest BCUT2D eigenvalue weighted by atomic mass is 10.2. The van der Waals surface area contributed by atoms with Gasteiger partial charge in [-0.2, -0.15) is 10.1 Å². The lowest BCUT2D eigenvalue weighted by molar-refractivity contribution is 0.355. The van der Waals surface area contributed by atoms with Crippen molar-refractivity contribution in [3.8, 4) is 17.2 Å². The number of hydrogen-bond donors (Lipinski definition) is 2. The second-order valence-corrected chi connectivity index (χ2v) is 5.21. The van der Waals surface area contributed by atoms with Gasteiger partial charge in [0.2, 0.25) is 5.95 Å². The van der Waals surface area contributed by atoms with E-state index in [1.807, 2.05) is 42.5 Å². The van der Waals surface area contributed by atoms with Gasteiger partial charge < -0.3 is 24.8 Å². The van der Waals surface area contributed by atoms with E-state index in [-0.39, 0.29) is 0 Å². The highest BCUT2D eigenvalue weighted by Gasteiger charge is 2.07. The van der Waals surface area contributed by atoms with Gasteiger partial charge in [-0.05, 0) is 36.4 Å². The molecule has 1 aromatic heterocycles. The molecule has 0 unspecified atom stereocenters. The lowest BCUT2D eigenvalue weighted by Crippen LogP contribution is -2.02. The zero-order valence-corrected chi connectivity index (χ0v) is 14.7. The molecular formula is C18H19N5O3. The molecule has 0 radical (unpaired) electrons. The Kier molecular flexibility index (Phi) is 5.33. The van der Waals surface area contributed by atoms with Crippen LogP contribution in [-0.2, 0) is 0 Å². The summed E-state index contributed by atoms with van der Waals surface area (Å²) < 4.78 is 15.7. The van der Waals surface area contributed by atoms with E-state index in [2.05, 4.69) is 25.8 Å². The lowest BCUT2D eigenvalue weighted by Gasteiger charge is -2.11. The van der Waals surface area contributed by atoms with E-state index < -0.39 is 0 Å². The fourth-order valence-electron chi connectivity index (χ4n) is 2.28. The van der Waals surface area contributed by atoms with Crippen molar-refractivity contribution < 1.29 is 14.2 Å². The molecule has 0 saturated carbocycles. The van der Waals surface area contributed by atoms with Crippen molar-refractivity contribution in [1.29, 1.82) is 0 Å². The van der Waals surface area contributed by atoms with E-state index >= 15 is 0 Å². The first-order valence-electron chi connectivity index (χ1n) is 7.81. The zero-order valence-electron chi connectivity index (χ0n) is 14.7. The number of anilines is 4. The monoisotopic (exact) mass is 353 g/mol. The van der Waals surface area contributed by atoms with Crippen LogP contribution < -0.4 is 24.8 Å². The second-order valence-electron chi connectivity index (χ2n) is 5.21. The predicted molar refractivity (Wildman–Crippen MR) is 98.9 cm³/mol. The second kappa shape index (κ2) is 8.02. The minimum Gasteiger partial charge on any atom is -0.497 e. The molecule has 0 bridgehead atoms. The van der Waals surface area contributed by atoms with E-state index in [1.165, 1.54) is 6.20 Å². The Balaban J connectivity index is 1.74. The van der Waals surface area contributed by atoms with Gasteiger partial charge in [-0.15, -0.1) is 5.10 Å². The summed E-state index contributed by atoms with van der Waals surface area (Å²) in [5.41, 5.74) is 1.62. The van der Waals surface area contributed by atoms with Crippen LogP contribution in [-0.4, -0.2) is 36.5 Å². The highest BCUT2D eigenvalue weighted by molar-refractivity contribution is 5.62. The number of aromatic nitrogens is 3. The van der Waals surface area contributed by atoms with Crippen molar-refractivity contribution in [2.24, 2.45) is 0 Å². The van der Waals surface area contributed by atoms with E-state index in [9.17, 15) is 0 Å². The van der Waals surface area contributed by atoms with E-state index in [0.29, 0.717) is 23.3 Å². The molecule has 3 rings (SSSR count). The smallest absolute Gasteiger partial charge is 0.249 e. The molecule has 2 aromatic carbocycles. The Morgan fingerprint density at radius 1 is 0.769 bits per heavy atom. The van der Waals surface area contributed by atoms with Crippen molar-refractivity contribution in [1.82, 2.24) is 15.2 Å². The van der Waals surface area contributed by atoms with Gasteiger partial charge >= 0.3 is 0 Å². The molecule has 8 nitrogen and oxygen atoms in total. The normalized spacial score (nSPS) is 10.1. The molecule has 26 heavy (non-hydrogen) atoms. The summed E-state index contributed by atoms with van der Waals surface area (Å²) in [7, 11) is 4.81. The molecule has 8 heteroatoms. The molecule has 0 aliphatic heterocycles. The summed E-state index contributed by atoms with van der Waals surface area (Å²) in [6.07, 6.45) is 1.54. The third-order valence-electron chi connectivity index (χ3n) is 3.56. The van der Waals surface area contributed by atoms with E-state index in [0.717, 1.165) is 17.1 Å². The van der Waals surface area contributed by atoms with Gasteiger partial charge in [-0.25, -0.2) is 0 Å².